The van der Waals surface area contributed by atoms with Crippen LogP contribution in [-0.2, 0) is 0 Å². The van der Waals surface area contributed by atoms with E-state index in [0.717, 1.165) is 11.3 Å². The van der Waals surface area contributed by atoms with Crippen molar-refractivity contribution in [2.45, 2.75) is 13.0 Å². The summed E-state index contributed by atoms with van der Waals surface area (Å²) in [6.45, 7) is 2.52. The lowest BCUT2D eigenvalue weighted by molar-refractivity contribution is 0.0937. The summed E-state index contributed by atoms with van der Waals surface area (Å²) in [4.78, 5) is 25.7. The molecule has 7 nitrogen and oxygen atoms in total. The molecule has 0 heterocycles. The van der Waals surface area contributed by atoms with Crippen LogP contribution in [0.25, 0.3) is 0 Å². The number of thiocarbonyl (C=S) groups is 1. The molecule has 4 aromatic rings. The minimum absolute atomic E-state index is 0.0948. The van der Waals surface area contributed by atoms with Crippen LogP contribution >= 0.6 is 12.2 Å². The Labute approximate surface area is 233 Å². The number of para-hydroxylation sites is 2. The van der Waals surface area contributed by atoms with Gasteiger partial charge in [0.25, 0.3) is 11.8 Å². The van der Waals surface area contributed by atoms with Crippen molar-refractivity contribution in [3.05, 3.63) is 126 Å². The average Bonchev–Trinajstić information content (AvgIpc) is 2.96. The molecule has 0 aromatic heterocycles. The Bertz CT molecular complexity index is 1410. The molecule has 8 heteroatoms. The highest BCUT2D eigenvalue weighted by Gasteiger charge is 2.15. The summed E-state index contributed by atoms with van der Waals surface area (Å²) in [6.07, 6.45) is 0. The first-order chi connectivity index (χ1) is 19.0. The molecule has 0 aliphatic carbocycles. The van der Waals surface area contributed by atoms with E-state index in [1.54, 1.807) is 48.5 Å². The number of hydrogen-bond donors (Lipinski definition) is 3. The topological polar surface area (TPSA) is 88.7 Å². The number of carbonyl (C=O) groups is 2. The molecule has 4 aromatic carbocycles. The third kappa shape index (κ3) is 8.15. The van der Waals surface area contributed by atoms with Crippen molar-refractivity contribution in [3.63, 3.8) is 0 Å². The molecule has 4 rings (SSSR count). The summed E-state index contributed by atoms with van der Waals surface area (Å²) >= 11 is 5.35. The molecule has 1 unspecified atom stereocenters. The maximum absolute atomic E-state index is 12.9. The van der Waals surface area contributed by atoms with Crippen molar-refractivity contribution in [2.75, 3.05) is 18.5 Å². The zero-order valence-corrected chi connectivity index (χ0v) is 22.2. The van der Waals surface area contributed by atoms with Crippen LogP contribution in [0.2, 0.25) is 0 Å². The average molecular weight is 540 g/mol. The van der Waals surface area contributed by atoms with Crippen LogP contribution in [-0.4, -0.2) is 30.1 Å². The number of hydrogen-bond acceptors (Lipinski definition) is 5. The van der Waals surface area contributed by atoms with E-state index in [2.05, 4.69) is 16.0 Å². The van der Waals surface area contributed by atoms with Crippen molar-refractivity contribution >= 4 is 34.8 Å². The van der Waals surface area contributed by atoms with Gasteiger partial charge in [-0.3, -0.25) is 14.9 Å². The van der Waals surface area contributed by atoms with Crippen LogP contribution in [0.1, 0.15) is 39.2 Å². The van der Waals surface area contributed by atoms with Gasteiger partial charge < -0.3 is 20.1 Å². The second-order valence-corrected chi connectivity index (χ2v) is 9.01. The normalized spacial score (nSPS) is 11.1. The fourth-order valence-corrected chi connectivity index (χ4v) is 3.99. The first kappa shape index (κ1) is 27.3. The van der Waals surface area contributed by atoms with Gasteiger partial charge in [-0.05, 0) is 67.2 Å². The predicted octanol–water partition coefficient (Wildman–Crippen LogP) is 5.76. The zero-order valence-electron chi connectivity index (χ0n) is 21.4. The maximum Gasteiger partial charge on any atom is 0.261 e. The predicted molar refractivity (Wildman–Crippen MR) is 156 cm³/mol. The largest absolute Gasteiger partial charge is 0.490 e. The van der Waals surface area contributed by atoms with Gasteiger partial charge in [0, 0.05) is 11.3 Å². The molecule has 0 aliphatic heterocycles. The number of carbonyl (C=O) groups excluding carboxylic acids is 2. The molecule has 0 fully saturated rings. The molecule has 39 heavy (non-hydrogen) atoms. The van der Waals surface area contributed by atoms with Gasteiger partial charge in [-0.2, -0.15) is 0 Å². The Morgan fingerprint density at radius 3 is 2.21 bits per heavy atom. The van der Waals surface area contributed by atoms with Gasteiger partial charge in [0.1, 0.15) is 24.7 Å². The lowest BCUT2D eigenvalue weighted by Crippen LogP contribution is -2.34. The minimum atomic E-state index is -0.419. The number of amides is 2. The molecule has 0 saturated heterocycles. The molecule has 1 atom stereocenters. The molecule has 2 amide bonds. The van der Waals surface area contributed by atoms with Gasteiger partial charge in [0.05, 0.1) is 11.6 Å². The highest BCUT2D eigenvalue weighted by Crippen LogP contribution is 2.19. The number of benzene rings is 4. The monoisotopic (exact) mass is 539 g/mol. The molecule has 198 valence electrons. The van der Waals surface area contributed by atoms with Gasteiger partial charge in [0.15, 0.2) is 5.11 Å². The minimum Gasteiger partial charge on any atom is -0.490 e. The first-order valence-electron chi connectivity index (χ1n) is 12.5. The first-order valence-corrected chi connectivity index (χ1v) is 12.9. The van der Waals surface area contributed by atoms with Crippen molar-refractivity contribution in [2.24, 2.45) is 0 Å². The van der Waals surface area contributed by atoms with E-state index in [4.69, 9.17) is 21.7 Å². The van der Waals surface area contributed by atoms with E-state index in [1.165, 1.54) is 0 Å². The summed E-state index contributed by atoms with van der Waals surface area (Å²) in [5, 5.41) is 8.73. The fourth-order valence-electron chi connectivity index (χ4n) is 3.78. The van der Waals surface area contributed by atoms with Crippen molar-refractivity contribution in [1.82, 2.24) is 10.6 Å². The Morgan fingerprint density at radius 1 is 0.769 bits per heavy atom. The molecule has 0 radical (unpaired) electrons. The van der Waals surface area contributed by atoms with Crippen LogP contribution in [0.5, 0.6) is 11.5 Å². The van der Waals surface area contributed by atoms with Gasteiger partial charge in [-0.15, -0.1) is 0 Å². The van der Waals surface area contributed by atoms with E-state index in [0.29, 0.717) is 29.2 Å². The zero-order chi connectivity index (χ0) is 27.5. The summed E-state index contributed by atoms with van der Waals surface area (Å²) < 4.78 is 11.4. The summed E-state index contributed by atoms with van der Waals surface area (Å²) in [7, 11) is 0. The van der Waals surface area contributed by atoms with Crippen LogP contribution < -0.4 is 25.4 Å². The van der Waals surface area contributed by atoms with Gasteiger partial charge in [-0.1, -0.05) is 66.7 Å². The Balaban J connectivity index is 1.30. The quantitative estimate of drug-likeness (QED) is 0.175. The Morgan fingerprint density at radius 2 is 1.44 bits per heavy atom. The summed E-state index contributed by atoms with van der Waals surface area (Å²) in [6, 6.07) is 32.8. The summed E-state index contributed by atoms with van der Waals surface area (Å²) in [5.41, 5.74) is 2.39. The van der Waals surface area contributed by atoms with Crippen LogP contribution in [0, 0.1) is 0 Å². The van der Waals surface area contributed by atoms with Crippen LogP contribution in [0.3, 0.4) is 0 Å². The van der Waals surface area contributed by atoms with Crippen molar-refractivity contribution < 1.29 is 19.1 Å². The lowest BCUT2D eigenvalue weighted by atomic mass is 10.1. The van der Waals surface area contributed by atoms with Crippen molar-refractivity contribution in [1.29, 1.82) is 0 Å². The van der Waals surface area contributed by atoms with E-state index in [1.807, 2.05) is 67.6 Å². The third-order valence-electron chi connectivity index (χ3n) is 5.74. The number of ether oxygens (including phenoxy) is 2. The molecule has 3 N–H and O–H groups in total. The molecule has 0 spiro atoms. The van der Waals surface area contributed by atoms with E-state index in [9.17, 15) is 9.59 Å². The molecular formula is C31H29N3O4S. The molecule has 0 aliphatic rings. The maximum atomic E-state index is 12.9. The Hall–Kier alpha value is -4.69. The smallest absolute Gasteiger partial charge is 0.261 e. The number of nitrogens with one attached hydrogen (secondary N) is 3. The molecule has 0 saturated carbocycles. The van der Waals surface area contributed by atoms with Gasteiger partial charge in [-0.25, -0.2) is 0 Å². The van der Waals surface area contributed by atoms with Crippen LogP contribution in [0.4, 0.5) is 5.69 Å². The second kappa shape index (κ2) is 13.7. The molecular weight excluding hydrogens is 510 g/mol. The van der Waals surface area contributed by atoms with Crippen LogP contribution in [0.15, 0.2) is 109 Å². The highest BCUT2D eigenvalue weighted by atomic mass is 32.1. The lowest BCUT2D eigenvalue weighted by Gasteiger charge is -2.15. The molecule has 0 bridgehead atoms. The van der Waals surface area contributed by atoms with E-state index < -0.39 is 5.91 Å². The fraction of sp³-hybridized carbons (Fsp3) is 0.129. The SMILES string of the molecule is CC(NC(=O)c1cccc(NC(=S)NC(=O)c2ccccc2OCCOc2ccccc2)c1)c1ccccc1. The van der Waals surface area contributed by atoms with Crippen molar-refractivity contribution in [3.8, 4) is 11.5 Å². The third-order valence-corrected chi connectivity index (χ3v) is 5.95. The van der Waals surface area contributed by atoms with E-state index in [-0.39, 0.29) is 23.7 Å². The number of anilines is 1. The summed E-state index contributed by atoms with van der Waals surface area (Å²) in [5.74, 6) is 0.529. The van der Waals surface area contributed by atoms with Gasteiger partial charge in [0.2, 0.25) is 0 Å². The highest BCUT2D eigenvalue weighted by molar-refractivity contribution is 7.80. The Kier molecular flexibility index (Phi) is 9.63. The van der Waals surface area contributed by atoms with E-state index >= 15 is 0 Å². The van der Waals surface area contributed by atoms with Gasteiger partial charge >= 0.3 is 0 Å². The number of rotatable bonds is 10. The standard InChI is InChI=1S/C31H29N3O4S/c1-22(23-11-4-2-5-12-23)32-29(35)24-13-10-14-25(21-24)33-31(39)34-30(36)27-17-8-9-18-28(27)38-20-19-37-26-15-6-3-7-16-26/h2-18,21-22H,19-20H2,1H3,(H,32,35)(H2,33,34,36,39). The second-order valence-electron chi connectivity index (χ2n) is 8.60.